The normalized spacial score (nSPS) is 12.0. The van der Waals surface area contributed by atoms with Crippen molar-refractivity contribution in [1.29, 1.82) is 0 Å². The standard InChI is InChI=1S/C21H24N4OS/c1-4-16(3)22-19(26)14-27-21-24-23-20(17-8-6-5-7-9-17)25(21)18-12-10-15(2)11-13-18/h5-13,16H,4,14H2,1-3H3,(H,22,26). The predicted octanol–water partition coefficient (Wildman–Crippen LogP) is 4.25. The first-order valence-electron chi connectivity index (χ1n) is 9.08. The molecule has 6 heteroatoms. The second-order valence-corrected chi connectivity index (χ2v) is 7.45. The fraction of sp³-hybridized carbons (Fsp3) is 0.286. The van der Waals surface area contributed by atoms with Gasteiger partial charge in [0.1, 0.15) is 0 Å². The zero-order valence-corrected chi connectivity index (χ0v) is 16.7. The lowest BCUT2D eigenvalue weighted by Crippen LogP contribution is -2.33. The Morgan fingerprint density at radius 3 is 2.48 bits per heavy atom. The van der Waals surface area contributed by atoms with Crippen LogP contribution in [0.25, 0.3) is 17.1 Å². The monoisotopic (exact) mass is 380 g/mol. The third-order valence-corrected chi connectivity index (χ3v) is 5.24. The smallest absolute Gasteiger partial charge is 0.230 e. The molecular weight excluding hydrogens is 356 g/mol. The molecule has 0 spiro atoms. The first-order valence-corrected chi connectivity index (χ1v) is 10.1. The molecule has 0 aliphatic carbocycles. The van der Waals surface area contributed by atoms with Crippen LogP contribution in [0.4, 0.5) is 0 Å². The number of thioether (sulfide) groups is 1. The van der Waals surface area contributed by atoms with Gasteiger partial charge in [-0.1, -0.05) is 66.7 Å². The molecule has 3 aromatic rings. The lowest BCUT2D eigenvalue weighted by molar-refractivity contribution is -0.119. The summed E-state index contributed by atoms with van der Waals surface area (Å²) < 4.78 is 2.01. The van der Waals surface area contributed by atoms with Crippen LogP contribution in [0.1, 0.15) is 25.8 Å². The van der Waals surface area contributed by atoms with Gasteiger partial charge in [0.05, 0.1) is 5.75 Å². The number of aromatic nitrogens is 3. The second-order valence-electron chi connectivity index (χ2n) is 6.51. The van der Waals surface area contributed by atoms with Crippen LogP contribution in [-0.2, 0) is 4.79 Å². The largest absolute Gasteiger partial charge is 0.353 e. The number of carbonyl (C=O) groups excluding carboxylic acids is 1. The van der Waals surface area contributed by atoms with Gasteiger partial charge in [-0.15, -0.1) is 10.2 Å². The topological polar surface area (TPSA) is 59.8 Å². The number of rotatable bonds is 7. The highest BCUT2D eigenvalue weighted by Crippen LogP contribution is 2.28. The van der Waals surface area contributed by atoms with Crippen LogP contribution in [0.3, 0.4) is 0 Å². The Balaban J connectivity index is 1.91. The summed E-state index contributed by atoms with van der Waals surface area (Å²) in [5, 5.41) is 12.5. The van der Waals surface area contributed by atoms with Gasteiger partial charge in [-0.25, -0.2) is 0 Å². The number of hydrogen-bond acceptors (Lipinski definition) is 4. The van der Waals surface area contributed by atoms with Crippen molar-refractivity contribution < 1.29 is 4.79 Å². The lowest BCUT2D eigenvalue weighted by atomic mass is 10.2. The number of benzene rings is 2. The zero-order valence-electron chi connectivity index (χ0n) is 15.8. The first-order chi connectivity index (χ1) is 13.1. The maximum Gasteiger partial charge on any atom is 0.230 e. The van der Waals surface area contributed by atoms with Crippen LogP contribution in [-0.4, -0.2) is 32.5 Å². The fourth-order valence-electron chi connectivity index (χ4n) is 2.61. The highest BCUT2D eigenvalue weighted by Gasteiger charge is 2.17. The Bertz CT molecular complexity index is 890. The maximum absolute atomic E-state index is 12.2. The van der Waals surface area contributed by atoms with E-state index in [0.717, 1.165) is 23.5 Å². The van der Waals surface area contributed by atoms with E-state index >= 15 is 0 Å². The van der Waals surface area contributed by atoms with Crippen molar-refractivity contribution >= 4 is 17.7 Å². The van der Waals surface area contributed by atoms with Gasteiger partial charge in [0.25, 0.3) is 0 Å². The summed E-state index contributed by atoms with van der Waals surface area (Å²) in [6.07, 6.45) is 0.911. The lowest BCUT2D eigenvalue weighted by Gasteiger charge is -2.12. The van der Waals surface area contributed by atoms with E-state index in [2.05, 4.69) is 53.6 Å². The summed E-state index contributed by atoms with van der Waals surface area (Å²) in [7, 11) is 0. The Hall–Kier alpha value is -2.60. The van der Waals surface area contributed by atoms with Gasteiger partial charge in [0.2, 0.25) is 5.91 Å². The van der Waals surface area contributed by atoms with E-state index in [1.165, 1.54) is 17.3 Å². The molecule has 1 atom stereocenters. The average Bonchev–Trinajstić information content (AvgIpc) is 3.11. The van der Waals surface area contributed by atoms with Crippen LogP contribution in [0.15, 0.2) is 59.8 Å². The summed E-state index contributed by atoms with van der Waals surface area (Å²) in [5.74, 6) is 1.08. The van der Waals surface area contributed by atoms with E-state index in [-0.39, 0.29) is 11.9 Å². The minimum Gasteiger partial charge on any atom is -0.353 e. The van der Waals surface area contributed by atoms with Crippen molar-refractivity contribution in [3.8, 4) is 17.1 Å². The van der Waals surface area contributed by atoms with E-state index in [0.29, 0.717) is 10.9 Å². The van der Waals surface area contributed by atoms with Gasteiger partial charge in [-0.05, 0) is 32.4 Å². The van der Waals surface area contributed by atoms with Gasteiger partial charge >= 0.3 is 0 Å². The summed E-state index contributed by atoms with van der Waals surface area (Å²) in [4.78, 5) is 12.2. The molecule has 0 radical (unpaired) electrons. The molecule has 140 valence electrons. The van der Waals surface area contributed by atoms with Gasteiger partial charge in [0, 0.05) is 17.3 Å². The number of nitrogens with zero attached hydrogens (tertiary/aromatic N) is 3. The molecule has 0 saturated carbocycles. The minimum atomic E-state index is 0.00840. The number of aryl methyl sites for hydroxylation is 1. The highest BCUT2D eigenvalue weighted by molar-refractivity contribution is 7.99. The first kappa shape index (κ1) is 19.2. The van der Waals surface area contributed by atoms with Gasteiger partial charge in [-0.3, -0.25) is 9.36 Å². The maximum atomic E-state index is 12.2. The molecule has 0 aliphatic rings. The van der Waals surface area contributed by atoms with E-state index in [1.807, 2.05) is 41.8 Å². The second kappa shape index (κ2) is 8.86. The number of carbonyl (C=O) groups is 1. The molecule has 0 saturated heterocycles. The minimum absolute atomic E-state index is 0.00840. The summed E-state index contributed by atoms with van der Waals surface area (Å²) in [6, 6.07) is 18.4. The van der Waals surface area contributed by atoms with E-state index < -0.39 is 0 Å². The Kier molecular flexibility index (Phi) is 6.29. The van der Waals surface area contributed by atoms with Crippen LogP contribution in [0.2, 0.25) is 0 Å². The summed E-state index contributed by atoms with van der Waals surface area (Å²) in [6.45, 7) is 6.12. The molecule has 1 amide bonds. The zero-order chi connectivity index (χ0) is 19.2. The Morgan fingerprint density at radius 1 is 1.11 bits per heavy atom. The SMILES string of the molecule is CCC(C)NC(=O)CSc1nnc(-c2ccccc2)n1-c1ccc(C)cc1. The molecule has 0 fully saturated rings. The van der Waals surface area contributed by atoms with Crippen molar-refractivity contribution in [1.82, 2.24) is 20.1 Å². The van der Waals surface area contributed by atoms with Crippen molar-refractivity contribution in [3.05, 3.63) is 60.2 Å². The van der Waals surface area contributed by atoms with Gasteiger partial charge < -0.3 is 5.32 Å². The van der Waals surface area contributed by atoms with E-state index in [9.17, 15) is 4.79 Å². The van der Waals surface area contributed by atoms with Crippen molar-refractivity contribution in [2.45, 2.75) is 38.4 Å². The van der Waals surface area contributed by atoms with Crippen LogP contribution >= 0.6 is 11.8 Å². The summed E-state index contributed by atoms with van der Waals surface area (Å²) in [5.41, 5.74) is 3.16. The number of amides is 1. The molecule has 1 heterocycles. The van der Waals surface area contributed by atoms with Gasteiger partial charge in [0.15, 0.2) is 11.0 Å². The predicted molar refractivity (Wildman–Crippen MR) is 110 cm³/mol. The third-order valence-electron chi connectivity index (χ3n) is 4.31. The number of nitrogens with one attached hydrogen (secondary N) is 1. The molecule has 1 unspecified atom stereocenters. The molecule has 0 aliphatic heterocycles. The average molecular weight is 381 g/mol. The van der Waals surface area contributed by atoms with Crippen molar-refractivity contribution in [2.75, 3.05) is 5.75 Å². The molecule has 5 nitrogen and oxygen atoms in total. The van der Waals surface area contributed by atoms with Crippen LogP contribution in [0.5, 0.6) is 0 Å². The molecule has 1 aromatic heterocycles. The molecule has 2 aromatic carbocycles. The van der Waals surface area contributed by atoms with Gasteiger partial charge in [-0.2, -0.15) is 0 Å². The number of hydrogen-bond donors (Lipinski definition) is 1. The Morgan fingerprint density at radius 2 is 1.81 bits per heavy atom. The Labute approximate surface area is 164 Å². The molecule has 3 rings (SSSR count). The molecular formula is C21H24N4OS. The quantitative estimate of drug-likeness (QED) is 0.623. The van der Waals surface area contributed by atoms with E-state index in [1.54, 1.807) is 0 Å². The molecule has 1 N–H and O–H groups in total. The van der Waals surface area contributed by atoms with Crippen molar-refractivity contribution in [3.63, 3.8) is 0 Å². The van der Waals surface area contributed by atoms with Crippen molar-refractivity contribution in [2.24, 2.45) is 0 Å². The molecule has 27 heavy (non-hydrogen) atoms. The van der Waals surface area contributed by atoms with Crippen LogP contribution < -0.4 is 5.32 Å². The highest BCUT2D eigenvalue weighted by atomic mass is 32.2. The summed E-state index contributed by atoms with van der Waals surface area (Å²) >= 11 is 1.40. The molecule has 0 bridgehead atoms. The fourth-order valence-corrected chi connectivity index (χ4v) is 3.38. The third kappa shape index (κ3) is 4.77. The van der Waals surface area contributed by atoms with E-state index in [4.69, 9.17) is 0 Å². The van der Waals surface area contributed by atoms with Crippen LogP contribution in [0, 0.1) is 6.92 Å².